The number of phosphoric ester groups is 1. The molecule has 1 amide bonds. The Kier molecular flexibility index (Phi) is 44.9. The summed E-state index contributed by atoms with van der Waals surface area (Å²) < 4.78 is 23.2. The van der Waals surface area contributed by atoms with Crippen LogP contribution in [0.25, 0.3) is 0 Å². The molecule has 372 valence electrons. The number of aliphatic hydroxyl groups excluding tert-OH is 1. The van der Waals surface area contributed by atoms with Crippen LogP contribution in [0, 0.1) is 0 Å². The zero-order valence-corrected chi connectivity index (χ0v) is 43.2. The van der Waals surface area contributed by atoms with Crippen LogP contribution in [0.15, 0.2) is 36.5 Å². The lowest BCUT2D eigenvalue weighted by molar-refractivity contribution is -0.870. The molecule has 0 radical (unpaired) electrons. The Labute approximate surface area is 391 Å². The van der Waals surface area contributed by atoms with Crippen LogP contribution in [0.2, 0.25) is 0 Å². The maximum absolute atomic E-state index is 12.9. The van der Waals surface area contributed by atoms with E-state index in [9.17, 15) is 19.4 Å². The molecule has 0 aromatic carbocycles. The highest BCUT2D eigenvalue weighted by atomic mass is 31.2. The minimum absolute atomic E-state index is 0.00769. The van der Waals surface area contributed by atoms with Crippen LogP contribution in [-0.4, -0.2) is 68.5 Å². The van der Waals surface area contributed by atoms with Gasteiger partial charge in [0.15, 0.2) is 0 Å². The summed E-state index contributed by atoms with van der Waals surface area (Å²) in [6.07, 6.45) is 58.0. The van der Waals surface area contributed by atoms with E-state index in [1.54, 1.807) is 6.08 Å². The summed E-state index contributed by atoms with van der Waals surface area (Å²) >= 11 is 0. The number of nitrogens with one attached hydrogen (secondary N) is 1. The van der Waals surface area contributed by atoms with Crippen LogP contribution in [0.3, 0.4) is 0 Å². The minimum atomic E-state index is -4.60. The number of hydrogen-bond donors (Lipinski definition) is 2. The predicted octanol–water partition coefficient (Wildman–Crippen LogP) is 15.2. The number of carbonyl (C=O) groups is 1. The van der Waals surface area contributed by atoms with Gasteiger partial charge < -0.3 is 28.8 Å². The lowest BCUT2D eigenvalue weighted by atomic mass is 10.0. The SMILES string of the molecule is CCCCCCCCCCCCCCCCCCCC/C=C/CC/C=C/CC/C=C/C(O)C(COP(=O)([O-])OCC[N+](C)(C)C)NC(=O)CCCCCCCCCCCCCCC. The fraction of sp³-hybridized carbons (Fsp3) is 0.870. The van der Waals surface area contributed by atoms with Crippen LogP contribution < -0.4 is 10.2 Å². The zero-order valence-electron chi connectivity index (χ0n) is 42.3. The highest BCUT2D eigenvalue weighted by Gasteiger charge is 2.23. The number of unbranched alkanes of at least 4 members (excludes halogenated alkanes) is 32. The van der Waals surface area contributed by atoms with Gasteiger partial charge in [-0.05, 0) is 44.9 Å². The van der Waals surface area contributed by atoms with Gasteiger partial charge in [0, 0.05) is 6.42 Å². The van der Waals surface area contributed by atoms with E-state index in [1.165, 1.54) is 186 Å². The number of rotatable bonds is 49. The summed E-state index contributed by atoms with van der Waals surface area (Å²) in [6.45, 7) is 4.64. The largest absolute Gasteiger partial charge is 0.756 e. The van der Waals surface area contributed by atoms with Crippen molar-refractivity contribution in [1.82, 2.24) is 5.32 Å². The van der Waals surface area contributed by atoms with Crippen LogP contribution >= 0.6 is 7.82 Å². The fourth-order valence-electron chi connectivity index (χ4n) is 7.83. The first-order chi connectivity index (χ1) is 30.5. The molecule has 9 heteroatoms. The van der Waals surface area contributed by atoms with Crippen molar-refractivity contribution in [3.63, 3.8) is 0 Å². The third-order valence-electron chi connectivity index (χ3n) is 12.1. The predicted molar refractivity (Wildman–Crippen MR) is 270 cm³/mol. The quantitative estimate of drug-likeness (QED) is 0.0272. The summed E-state index contributed by atoms with van der Waals surface area (Å²) in [4.78, 5) is 25.4. The third-order valence-corrected chi connectivity index (χ3v) is 13.0. The second-order valence-corrected chi connectivity index (χ2v) is 21.0. The second kappa shape index (κ2) is 45.9. The van der Waals surface area contributed by atoms with E-state index in [1.807, 2.05) is 27.2 Å². The standard InChI is InChI=1S/C54H105N2O6P/c1-6-8-10-12-14-16-18-20-21-22-23-24-25-26-27-28-29-30-31-32-33-34-36-37-39-41-43-45-47-53(57)52(51-62-63(59,60)61-50-49-56(3,4)5)55-54(58)48-46-44-42-40-38-35-19-17-15-13-11-9-7-2/h32-33,37,39,45,47,52-53,57H,6-31,34-36,38,40-44,46,48-51H2,1-5H3,(H-,55,58,59,60)/b33-32+,39-37+,47-45+. The van der Waals surface area contributed by atoms with Gasteiger partial charge in [0.1, 0.15) is 13.2 Å². The molecule has 0 aromatic rings. The summed E-state index contributed by atoms with van der Waals surface area (Å²) in [6, 6.07) is -0.906. The van der Waals surface area contributed by atoms with Gasteiger partial charge in [-0.1, -0.05) is 237 Å². The van der Waals surface area contributed by atoms with Crippen molar-refractivity contribution in [2.45, 2.75) is 264 Å². The van der Waals surface area contributed by atoms with E-state index in [0.29, 0.717) is 17.4 Å². The van der Waals surface area contributed by atoms with Gasteiger partial charge in [-0.3, -0.25) is 9.36 Å². The highest BCUT2D eigenvalue weighted by molar-refractivity contribution is 7.45. The van der Waals surface area contributed by atoms with E-state index < -0.39 is 26.6 Å². The summed E-state index contributed by atoms with van der Waals surface area (Å²) in [7, 11) is 1.24. The van der Waals surface area contributed by atoms with Crippen LogP contribution in [0.5, 0.6) is 0 Å². The molecular weight excluding hydrogens is 804 g/mol. The van der Waals surface area contributed by atoms with Crippen molar-refractivity contribution in [2.24, 2.45) is 0 Å². The van der Waals surface area contributed by atoms with Crippen LogP contribution in [-0.2, 0) is 18.4 Å². The smallest absolute Gasteiger partial charge is 0.268 e. The summed E-state index contributed by atoms with van der Waals surface area (Å²) in [5.74, 6) is -0.210. The van der Waals surface area contributed by atoms with Crippen molar-refractivity contribution < 1.29 is 32.9 Å². The molecular formula is C54H105N2O6P. The van der Waals surface area contributed by atoms with E-state index in [-0.39, 0.29) is 12.5 Å². The van der Waals surface area contributed by atoms with Crippen LogP contribution in [0.4, 0.5) is 0 Å². The molecule has 0 aliphatic carbocycles. The number of nitrogens with zero attached hydrogens (tertiary/aromatic N) is 1. The molecule has 0 aliphatic heterocycles. The Bertz CT molecular complexity index is 1120. The maximum atomic E-state index is 12.9. The van der Waals surface area contributed by atoms with E-state index >= 15 is 0 Å². The molecule has 0 aromatic heterocycles. The first-order valence-electron chi connectivity index (χ1n) is 26.9. The first-order valence-corrected chi connectivity index (χ1v) is 28.3. The molecule has 2 N–H and O–H groups in total. The topological polar surface area (TPSA) is 108 Å². The van der Waals surface area contributed by atoms with Crippen LogP contribution in [0.1, 0.15) is 251 Å². The Hall–Kier alpha value is -1.28. The lowest BCUT2D eigenvalue weighted by Gasteiger charge is -2.29. The molecule has 63 heavy (non-hydrogen) atoms. The number of aliphatic hydroxyl groups is 1. The average Bonchev–Trinajstić information content (AvgIpc) is 3.24. The van der Waals surface area contributed by atoms with Gasteiger partial charge >= 0.3 is 0 Å². The normalized spacial score (nSPS) is 14.3. The van der Waals surface area contributed by atoms with Gasteiger partial charge in [0.2, 0.25) is 5.91 Å². The molecule has 0 bridgehead atoms. The summed E-state index contributed by atoms with van der Waals surface area (Å²) in [5, 5.41) is 13.8. The maximum Gasteiger partial charge on any atom is 0.268 e. The molecule has 0 rings (SSSR count). The van der Waals surface area contributed by atoms with Gasteiger partial charge in [-0.15, -0.1) is 0 Å². The van der Waals surface area contributed by atoms with Gasteiger partial charge in [-0.25, -0.2) is 0 Å². The molecule has 0 saturated carbocycles. The number of quaternary nitrogens is 1. The van der Waals surface area contributed by atoms with Crippen molar-refractivity contribution in [3.8, 4) is 0 Å². The molecule has 3 unspecified atom stereocenters. The fourth-order valence-corrected chi connectivity index (χ4v) is 8.56. The van der Waals surface area contributed by atoms with Crippen molar-refractivity contribution in [2.75, 3.05) is 40.9 Å². The van der Waals surface area contributed by atoms with Crippen molar-refractivity contribution >= 4 is 13.7 Å². The van der Waals surface area contributed by atoms with Gasteiger partial charge in [0.05, 0.1) is 39.9 Å². The molecule has 0 heterocycles. The van der Waals surface area contributed by atoms with Crippen molar-refractivity contribution in [3.05, 3.63) is 36.5 Å². The van der Waals surface area contributed by atoms with E-state index in [4.69, 9.17) is 9.05 Å². The molecule has 0 saturated heterocycles. The van der Waals surface area contributed by atoms with Gasteiger partial charge in [0.25, 0.3) is 7.82 Å². The zero-order chi connectivity index (χ0) is 46.4. The molecule has 0 aliphatic rings. The molecule has 0 fully saturated rings. The van der Waals surface area contributed by atoms with Crippen molar-refractivity contribution in [1.29, 1.82) is 0 Å². The Morgan fingerprint density at radius 2 is 0.889 bits per heavy atom. The molecule has 8 nitrogen and oxygen atoms in total. The Balaban J connectivity index is 4.25. The number of likely N-dealkylation sites (N-methyl/N-ethyl adjacent to an activating group) is 1. The minimum Gasteiger partial charge on any atom is -0.756 e. The summed E-state index contributed by atoms with van der Waals surface area (Å²) in [5.41, 5.74) is 0. The molecule has 3 atom stereocenters. The van der Waals surface area contributed by atoms with E-state index in [2.05, 4.69) is 43.5 Å². The number of phosphoric acid groups is 1. The Morgan fingerprint density at radius 3 is 1.29 bits per heavy atom. The first kappa shape index (κ1) is 61.7. The second-order valence-electron chi connectivity index (χ2n) is 19.6. The average molecular weight is 909 g/mol. The number of hydrogen-bond acceptors (Lipinski definition) is 6. The van der Waals surface area contributed by atoms with E-state index in [0.717, 1.165) is 44.9 Å². The monoisotopic (exact) mass is 909 g/mol. The van der Waals surface area contributed by atoms with Gasteiger partial charge in [-0.2, -0.15) is 0 Å². The lowest BCUT2D eigenvalue weighted by Crippen LogP contribution is -2.45. The number of amides is 1. The highest BCUT2D eigenvalue weighted by Crippen LogP contribution is 2.38. The molecule has 0 spiro atoms. The number of carbonyl (C=O) groups excluding carboxylic acids is 1. The Morgan fingerprint density at radius 1 is 0.540 bits per heavy atom. The third kappa shape index (κ3) is 48.5. The number of allylic oxidation sites excluding steroid dienone is 5.